The number of carbonyl (C=O) groups is 2. The Morgan fingerprint density at radius 2 is 1.92 bits per heavy atom. The molecule has 2 aliphatic rings. The van der Waals surface area contributed by atoms with Gasteiger partial charge in [0.1, 0.15) is 6.04 Å². The molecule has 2 amide bonds. The highest BCUT2D eigenvalue weighted by Gasteiger charge is 2.49. The van der Waals surface area contributed by atoms with Crippen LogP contribution in [0.2, 0.25) is 0 Å². The lowest BCUT2D eigenvalue weighted by Crippen LogP contribution is -2.55. The maximum Gasteiger partial charge on any atom is 0.255 e. The van der Waals surface area contributed by atoms with E-state index in [1.54, 1.807) is 4.90 Å². The van der Waals surface area contributed by atoms with Gasteiger partial charge in [-0.05, 0) is 49.3 Å². The van der Waals surface area contributed by atoms with Crippen molar-refractivity contribution in [2.75, 3.05) is 0 Å². The highest BCUT2D eigenvalue weighted by atomic mass is 16.2. The van der Waals surface area contributed by atoms with Gasteiger partial charge in [-0.1, -0.05) is 39.5 Å². The van der Waals surface area contributed by atoms with Crippen molar-refractivity contribution in [3.8, 4) is 0 Å². The summed E-state index contributed by atoms with van der Waals surface area (Å²) in [7, 11) is 0. The van der Waals surface area contributed by atoms with Crippen molar-refractivity contribution in [2.24, 2.45) is 0 Å². The van der Waals surface area contributed by atoms with E-state index in [0.29, 0.717) is 12.8 Å². The average Bonchev–Trinajstić information content (AvgIpc) is 2.66. The van der Waals surface area contributed by atoms with Gasteiger partial charge in [0.05, 0.1) is 5.54 Å². The van der Waals surface area contributed by atoms with E-state index in [9.17, 15) is 9.59 Å². The summed E-state index contributed by atoms with van der Waals surface area (Å²) in [6.45, 7) is 14.3. The standard InChI is InChI=1S/C20H26N2O2/c1-12-7-10-16(17(23)21-12)22-18(24)14-11-13(19(2,3)4)8-9-15(14)20(22,5)6/h8-9,11,16H,1,7,10H2,2-6H3,(H,21,23). The summed E-state index contributed by atoms with van der Waals surface area (Å²) < 4.78 is 0. The Labute approximate surface area is 143 Å². The molecule has 3 rings (SSSR count). The van der Waals surface area contributed by atoms with E-state index in [-0.39, 0.29) is 17.2 Å². The molecule has 4 heteroatoms. The lowest BCUT2D eigenvalue weighted by atomic mass is 9.83. The molecule has 1 unspecified atom stereocenters. The van der Waals surface area contributed by atoms with Crippen molar-refractivity contribution in [3.63, 3.8) is 0 Å². The van der Waals surface area contributed by atoms with Gasteiger partial charge in [0, 0.05) is 11.3 Å². The molecule has 2 aliphatic heterocycles. The zero-order valence-electron chi connectivity index (χ0n) is 15.2. The van der Waals surface area contributed by atoms with Crippen LogP contribution < -0.4 is 5.32 Å². The normalized spacial score (nSPS) is 23.3. The smallest absolute Gasteiger partial charge is 0.255 e. The first-order valence-electron chi connectivity index (χ1n) is 8.51. The molecule has 0 bridgehead atoms. The number of nitrogens with zero attached hydrogens (tertiary/aromatic N) is 1. The molecule has 4 nitrogen and oxygen atoms in total. The summed E-state index contributed by atoms with van der Waals surface area (Å²) in [6.07, 6.45) is 1.33. The lowest BCUT2D eigenvalue weighted by Gasteiger charge is -2.40. The number of nitrogens with one attached hydrogen (secondary N) is 1. The summed E-state index contributed by atoms with van der Waals surface area (Å²) >= 11 is 0. The van der Waals surface area contributed by atoms with E-state index in [4.69, 9.17) is 0 Å². The summed E-state index contributed by atoms with van der Waals surface area (Å²) in [5.41, 5.74) is 3.07. The fraction of sp³-hybridized carbons (Fsp3) is 0.500. The Hall–Kier alpha value is -2.10. The van der Waals surface area contributed by atoms with E-state index < -0.39 is 11.6 Å². The van der Waals surface area contributed by atoms with Crippen LogP contribution in [0.4, 0.5) is 0 Å². The van der Waals surface area contributed by atoms with Crippen LogP contribution in [0.1, 0.15) is 68.9 Å². The third-order valence-corrected chi connectivity index (χ3v) is 5.23. The minimum Gasteiger partial charge on any atom is -0.329 e. The molecule has 0 aliphatic carbocycles. The largest absolute Gasteiger partial charge is 0.329 e. The monoisotopic (exact) mass is 326 g/mol. The number of hydrogen-bond acceptors (Lipinski definition) is 2. The predicted molar refractivity (Wildman–Crippen MR) is 94.6 cm³/mol. The zero-order chi connectivity index (χ0) is 17.9. The quantitative estimate of drug-likeness (QED) is 0.859. The summed E-state index contributed by atoms with van der Waals surface area (Å²) in [4.78, 5) is 27.3. The molecule has 128 valence electrons. The van der Waals surface area contributed by atoms with Gasteiger partial charge < -0.3 is 10.2 Å². The van der Waals surface area contributed by atoms with Gasteiger partial charge in [0.2, 0.25) is 5.91 Å². The topological polar surface area (TPSA) is 49.4 Å². The highest BCUT2D eigenvalue weighted by Crippen LogP contribution is 2.42. The van der Waals surface area contributed by atoms with Crippen LogP contribution in [-0.4, -0.2) is 22.8 Å². The zero-order valence-corrected chi connectivity index (χ0v) is 15.2. The predicted octanol–water partition coefficient (Wildman–Crippen LogP) is 3.47. The first-order valence-corrected chi connectivity index (χ1v) is 8.51. The second-order valence-corrected chi connectivity index (χ2v) is 8.39. The minimum atomic E-state index is -0.497. The number of rotatable bonds is 1. The number of carbonyl (C=O) groups excluding carboxylic acids is 2. The molecule has 0 spiro atoms. The maximum absolute atomic E-state index is 13.1. The number of fused-ring (bicyclic) bond motifs is 1. The third-order valence-electron chi connectivity index (χ3n) is 5.23. The van der Waals surface area contributed by atoms with Gasteiger partial charge in [-0.2, -0.15) is 0 Å². The van der Waals surface area contributed by atoms with Crippen molar-refractivity contribution >= 4 is 11.8 Å². The van der Waals surface area contributed by atoms with Crippen molar-refractivity contribution in [3.05, 3.63) is 47.2 Å². The number of piperidine rings is 1. The molecule has 0 saturated carbocycles. The molecule has 1 aromatic carbocycles. The molecule has 1 saturated heterocycles. The van der Waals surface area contributed by atoms with Gasteiger partial charge in [-0.15, -0.1) is 0 Å². The Morgan fingerprint density at radius 3 is 2.50 bits per heavy atom. The Bertz CT molecular complexity index is 740. The maximum atomic E-state index is 13.1. The molecule has 1 N–H and O–H groups in total. The fourth-order valence-electron chi connectivity index (χ4n) is 3.77. The summed E-state index contributed by atoms with van der Waals surface area (Å²) in [6, 6.07) is 5.70. The molecule has 2 heterocycles. The molecule has 1 atom stereocenters. The van der Waals surface area contributed by atoms with E-state index in [1.807, 2.05) is 26.0 Å². The second kappa shape index (κ2) is 5.20. The van der Waals surface area contributed by atoms with Crippen molar-refractivity contribution in [1.29, 1.82) is 0 Å². The molecule has 0 aromatic heterocycles. The average molecular weight is 326 g/mol. The molecule has 24 heavy (non-hydrogen) atoms. The molecule has 0 radical (unpaired) electrons. The van der Waals surface area contributed by atoms with Crippen LogP contribution in [0.25, 0.3) is 0 Å². The Balaban J connectivity index is 2.04. The molecular weight excluding hydrogens is 300 g/mol. The van der Waals surface area contributed by atoms with E-state index >= 15 is 0 Å². The van der Waals surface area contributed by atoms with Gasteiger partial charge in [-0.3, -0.25) is 9.59 Å². The number of amides is 2. The van der Waals surface area contributed by atoms with Gasteiger partial charge in [0.25, 0.3) is 5.91 Å². The van der Waals surface area contributed by atoms with Crippen LogP contribution in [0.15, 0.2) is 30.5 Å². The fourth-order valence-corrected chi connectivity index (χ4v) is 3.77. The summed E-state index contributed by atoms with van der Waals surface area (Å²) in [5, 5.41) is 2.80. The summed E-state index contributed by atoms with van der Waals surface area (Å²) in [5.74, 6) is -0.176. The first kappa shape index (κ1) is 16.7. The second-order valence-electron chi connectivity index (χ2n) is 8.39. The van der Waals surface area contributed by atoms with E-state index in [0.717, 1.165) is 22.4 Å². The van der Waals surface area contributed by atoms with Crippen LogP contribution in [0.3, 0.4) is 0 Å². The SMILES string of the molecule is C=C1CCC(N2C(=O)c3cc(C(C)(C)C)ccc3C2(C)C)C(=O)N1. The first-order chi connectivity index (χ1) is 11.0. The molecule has 1 aromatic rings. The lowest BCUT2D eigenvalue weighted by molar-refractivity contribution is -0.128. The highest BCUT2D eigenvalue weighted by molar-refractivity contribution is 6.03. The van der Waals surface area contributed by atoms with Gasteiger partial charge >= 0.3 is 0 Å². The van der Waals surface area contributed by atoms with Crippen molar-refractivity contribution in [2.45, 2.75) is 64.5 Å². The van der Waals surface area contributed by atoms with Crippen LogP contribution in [-0.2, 0) is 15.7 Å². The van der Waals surface area contributed by atoms with Crippen LogP contribution >= 0.6 is 0 Å². The Kier molecular flexibility index (Phi) is 3.63. The van der Waals surface area contributed by atoms with Crippen molar-refractivity contribution in [1.82, 2.24) is 10.2 Å². The van der Waals surface area contributed by atoms with Gasteiger partial charge in [-0.25, -0.2) is 0 Å². The molecule has 1 fully saturated rings. The number of hydrogen-bond donors (Lipinski definition) is 1. The van der Waals surface area contributed by atoms with Gasteiger partial charge in [0.15, 0.2) is 0 Å². The van der Waals surface area contributed by atoms with Crippen molar-refractivity contribution < 1.29 is 9.59 Å². The molecular formula is C20H26N2O2. The number of allylic oxidation sites excluding steroid dienone is 1. The van der Waals surface area contributed by atoms with E-state index in [2.05, 4.69) is 38.7 Å². The van der Waals surface area contributed by atoms with E-state index in [1.165, 1.54) is 0 Å². The minimum absolute atomic E-state index is 0.0210. The van der Waals surface area contributed by atoms with Crippen LogP contribution in [0.5, 0.6) is 0 Å². The number of benzene rings is 1. The third kappa shape index (κ3) is 2.45. The van der Waals surface area contributed by atoms with Crippen LogP contribution in [0, 0.1) is 0 Å². The Morgan fingerprint density at radius 1 is 1.25 bits per heavy atom.